The van der Waals surface area contributed by atoms with E-state index in [1.807, 2.05) is 191 Å². The highest BCUT2D eigenvalue weighted by Crippen LogP contribution is 2.37. The number of nitrogens with zero attached hydrogens (tertiary/aromatic N) is 7. The molecule has 0 atom stereocenters. The lowest BCUT2D eigenvalue weighted by Crippen LogP contribution is -1.86. The molecule has 0 radical (unpaired) electrons. The third-order valence-electron chi connectivity index (χ3n) is 19.5. The first kappa shape index (κ1) is 75.3. The van der Waals surface area contributed by atoms with Crippen molar-refractivity contribution in [2.45, 2.75) is 72.6 Å². The zero-order valence-electron chi connectivity index (χ0n) is 64.0. The summed E-state index contributed by atoms with van der Waals surface area (Å²) in [6.07, 6.45) is 33.8. The number of rotatable bonds is 15. The molecule has 0 aliphatic rings. The maximum atomic E-state index is 5.91. The van der Waals surface area contributed by atoms with Gasteiger partial charge >= 0.3 is 0 Å². The van der Waals surface area contributed by atoms with Crippen LogP contribution in [0.4, 0.5) is 0 Å². The van der Waals surface area contributed by atoms with E-state index in [-0.39, 0.29) is 0 Å². The predicted octanol–water partition coefficient (Wildman–Crippen LogP) is 25.2. The zero-order valence-corrected chi connectivity index (χ0v) is 64.8. The Bertz CT molecular complexity index is 6840. The van der Waals surface area contributed by atoms with Gasteiger partial charge in [0.05, 0.1) is 37.2 Å². The first-order valence-electron chi connectivity index (χ1n) is 38.4. The van der Waals surface area contributed by atoms with E-state index < -0.39 is 0 Å². The normalized spacial score (nSPS) is 11.0. The van der Waals surface area contributed by atoms with Crippen molar-refractivity contribution in [2.75, 3.05) is 0 Å². The Morgan fingerprint density at radius 2 is 0.638 bits per heavy atom. The van der Waals surface area contributed by atoms with Gasteiger partial charge in [0.25, 0.3) is 0 Å². The number of unbranched alkanes of at least 4 members (excludes halogenated alkanes) is 1. The molecule has 7 N–H and O–H groups in total. The van der Waals surface area contributed by atoms with Crippen molar-refractivity contribution < 1.29 is 30.9 Å². The van der Waals surface area contributed by atoms with E-state index in [1.165, 1.54) is 34.5 Å². The van der Waals surface area contributed by atoms with Gasteiger partial charge in [-0.3, -0.25) is 0 Å². The number of aromatic amines is 7. The van der Waals surface area contributed by atoms with Crippen LogP contribution in [0.5, 0.6) is 0 Å². The topological polar surface area (TPSA) is 293 Å². The Labute approximate surface area is 670 Å². The van der Waals surface area contributed by atoms with Crippen LogP contribution in [-0.2, 0) is 25.7 Å². The van der Waals surface area contributed by atoms with E-state index in [9.17, 15) is 0 Å². The van der Waals surface area contributed by atoms with Crippen molar-refractivity contribution in [1.82, 2.24) is 69.8 Å². The third kappa shape index (κ3) is 17.2. The smallest absolute Gasteiger partial charge is 0.199 e. The van der Waals surface area contributed by atoms with E-state index in [0.29, 0.717) is 23.2 Å². The number of aromatic nitrogens is 14. The standard InChI is InChI=1S/C18H14N2O.C15H16N2O.C14H14N2O.C13H12N2O.C12H10N2O.C11H7ClN2O.C11H8N2O/c1-2-6-13(7-3-1)10-18-20-12-17(21-18)15-11-19-16-9-5-4-8-14(15)16;1-2-3-8-15-17-10-14(18-15)12-9-16-13-7-5-4-6-11(12)13;1-2-5-14-16-9-13(17-14)11-8-15-12-7-4-3-6-10(11)12;1-2-13-15-8-12(16-13)10-7-14-11-6-4-3-5-9(10)11;1-8-13-7-12(15-8)10-6-14-11-5-3-2-4-9(10)11;12-11-10(15-6-14-11)8-5-13-9-4-2-1-3-7(8)9;1-2-4-10-8(3-1)9(5-13-10)11-6-12-7-14-11/h1-9,11-12,19H,10H2;4-7,9-10,16H,2-3,8H2,1H3;3-4,6-9,15H,2,5H2,1H3;3-8,14H,2H2,1H3;2-7,14H,1H3;1-6,13H;1-7,13H. The number of nitrogens with one attached hydrogen (secondary N) is 7. The molecule has 0 saturated carbocycles. The fourth-order valence-corrected chi connectivity index (χ4v) is 13.9. The van der Waals surface area contributed by atoms with Crippen molar-refractivity contribution in [3.05, 3.63) is 334 Å². The van der Waals surface area contributed by atoms with Crippen LogP contribution >= 0.6 is 11.6 Å². The molecular weight excluding hydrogens is 1470 g/mol. The number of oxazole rings is 7. The number of H-pyrrole nitrogens is 7. The number of para-hydroxylation sites is 7. The molecule has 576 valence electrons. The van der Waals surface area contributed by atoms with Gasteiger partial charge in [0.1, 0.15) is 0 Å². The Hall–Kier alpha value is -14.7. The average molecular weight is 1550 g/mol. The van der Waals surface area contributed by atoms with Crippen LogP contribution in [-0.4, -0.2) is 69.8 Å². The number of fused-ring (bicyclic) bond motifs is 7. The van der Waals surface area contributed by atoms with Crippen molar-refractivity contribution in [3.8, 4) is 79.3 Å². The molecule has 0 aliphatic heterocycles. The maximum Gasteiger partial charge on any atom is 0.199 e. The highest BCUT2D eigenvalue weighted by Gasteiger charge is 2.18. The zero-order chi connectivity index (χ0) is 78.9. The molecule has 0 amide bonds. The number of hydrogen-bond donors (Lipinski definition) is 7. The molecule has 0 aliphatic carbocycles. The molecule has 22 aromatic rings. The van der Waals surface area contributed by atoms with Gasteiger partial charge in [-0.1, -0.05) is 197 Å². The molecule has 0 fully saturated rings. The van der Waals surface area contributed by atoms with Crippen LogP contribution in [0.2, 0.25) is 5.15 Å². The van der Waals surface area contributed by atoms with Gasteiger partial charge in [-0.05, 0) is 60.9 Å². The second-order valence-electron chi connectivity index (χ2n) is 27.2. The van der Waals surface area contributed by atoms with Gasteiger partial charge in [-0.25, -0.2) is 34.9 Å². The van der Waals surface area contributed by atoms with Crippen LogP contribution in [0.1, 0.15) is 75.1 Å². The molecule has 0 spiro atoms. The van der Waals surface area contributed by atoms with Gasteiger partial charge in [-0.15, -0.1) is 0 Å². The van der Waals surface area contributed by atoms with Gasteiger partial charge in [0, 0.05) is 191 Å². The second-order valence-corrected chi connectivity index (χ2v) is 27.5. The second kappa shape index (κ2) is 35.8. The first-order valence-corrected chi connectivity index (χ1v) is 38.8. The molecule has 0 bridgehead atoms. The number of benzene rings is 8. The monoisotopic (exact) mass is 1550 g/mol. The first-order chi connectivity index (χ1) is 57.2. The number of aryl methyl sites for hydroxylation is 4. The number of halogens is 1. The Morgan fingerprint density at radius 1 is 0.302 bits per heavy atom. The molecule has 22 rings (SSSR count). The van der Waals surface area contributed by atoms with Crippen molar-refractivity contribution >= 4 is 87.9 Å². The molecule has 22 heteroatoms. The van der Waals surface area contributed by atoms with E-state index in [4.69, 9.17) is 42.5 Å². The van der Waals surface area contributed by atoms with Gasteiger partial charge in [-0.2, -0.15) is 0 Å². The lowest BCUT2D eigenvalue weighted by atomic mass is 10.1. The van der Waals surface area contributed by atoms with Crippen molar-refractivity contribution in [3.63, 3.8) is 0 Å². The van der Waals surface area contributed by atoms with E-state index in [0.717, 1.165) is 196 Å². The van der Waals surface area contributed by atoms with E-state index in [2.05, 4.69) is 156 Å². The predicted molar refractivity (Wildman–Crippen MR) is 458 cm³/mol. The summed E-state index contributed by atoms with van der Waals surface area (Å²) in [7, 11) is 0. The Balaban J connectivity index is 0.000000102. The van der Waals surface area contributed by atoms with Crippen LogP contribution in [0, 0.1) is 6.92 Å². The molecule has 0 unspecified atom stereocenters. The summed E-state index contributed by atoms with van der Waals surface area (Å²) in [5.41, 5.74) is 16.3. The number of hydrogen-bond acceptors (Lipinski definition) is 14. The van der Waals surface area contributed by atoms with Gasteiger partial charge < -0.3 is 65.8 Å². The molecule has 14 heterocycles. The van der Waals surface area contributed by atoms with Crippen molar-refractivity contribution in [1.29, 1.82) is 0 Å². The summed E-state index contributed by atoms with van der Waals surface area (Å²) in [5.74, 6) is 9.38. The van der Waals surface area contributed by atoms with Crippen LogP contribution in [0.3, 0.4) is 0 Å². The summed E-state index contributed by atoms with van der Waals surface area (Å²) in [4.78, 5) is 51.6. The minimum absolute atomic E-state index is 0.389. The van der Waals surface area contributed by atoms with Crippen molar-refractivity contribution in [2.24, 2.45) is 0 Å². The molecule has 21 nitrogen and oxygen atoms in total. The summed E-state index contributed by atoms with van der Waals surface area (Å²) in [6, 6.07) is 67.2. The highest BCUT2D eigenvalue weighted by molar-refractivity contribution is 6.32. The molecule has 116 heavy (non-hydrogen) atoms. The molecule has 8 aromatic carbocycles. The Kier molecular flexibility index (Phi) is 23.2. The summed E-state index contributed by atoms with van der Waals surface area (Å²) in [5, 5.41) is 8.46. The summed E-state index contributed by atoms with van der Waals surface area (Å²) < 4.78 is 39.1. The van der Waals surface area contributed by atoms with Crippen LogP contribution in [0.15, 0.2) is 324 Å². The summed E-state index contributed by atoms with van der Waals surface area (Å²) >= 11 is 5.91. The quantitative estimate of drug-likeness (QED) is 0.0502. The minimum Gasteiger partial charge on any atom is -0.443 e. The maximum absolute atomic E-state index is 5.91. The van der Waals surface area contributed by atoms with Crippen LogP contribution < -0.4 is 0 Å². The van der Waals surface area contributed by atoms with Gasteiger partial charge in [0.15, 0.2) is 87.7 Å². The van der Waals surface area contributed by atoms with Gasteiger partial charge in [0.2, 0.25) is 0 Å². The lowest BCUT2D eigenvalue weighted by Gasteiger charge is -1.96. The highest BCUT2D eigenvalue weighted by atomic mass is 35.5. The molecular formula is C94H81ClN14O7. The van der Waals surface area contributed by atoms with E-state index in [1.54, 1.807) is 31.0 Å². The Morgan fingerprint density at radius 3 is 0.991 bits per heavy atom. The minimum atomic E-state index is 0.389. The van der Waals surface area contributed by atoms with Crippen LogP contribution in [0.25, 0.3) is 156 Å². The lowest BCUT2D eigenvalue weighted by molar-refractivity contribution is 0.497. The SMILES string of the molecule is CCCCc1ncc(-c2c[nH]c3ccccc23)o1.CCCc1ncc(-c2c[nH]c3ccccc23)o1.CCc1ncc(-c2c[nH]c3ccccc23)o1.Cc1ncc(-c2c[nH]c3ccccc23)o1.Clc1ncoc1-c1c[nH]c2ccccc12.c1ccc(Cc2ncc(-c3c[nH]c4ccccc34)o2)cc1.c1ccc2c(-c3cnco3)c[nH]c2c1. The fraction of sp³-hybridized carbons (Fsp3) is 0.117. The molecule has 14 aromatic heterocycles. The fourth-order valence-electron chi connectivity index (χ4n) is 13.7. The molecule has 0 saturated heterocycles. The van der Waals surface area contributed by atoms with E-state index >= 15 is 0 Å². The largest absolute Gasteiger partial charge is 0.443 e. The third-order valence-corrected chi connectivity index (χ3v) is 19.7. The average Bonchev–Trinajstić information content (AvgIpc) is 1.80. The summed E-state index contributed by atoms with van der Waals surface area (Å²) in [6.45, 7) is 8.17.